The van der Waals surface area contributed by atoms with Crippen molar-refractivity contribution in [2.75, 3.05) is 27.9 Å². The van der Waals surface area contributed by atoms with Gasteiger partial charge in [0.2, 0.25) is 0 Å². The normalized spacial score (nSPS) is 17.9. The molecule has 2 aromatic carbocycles. The Morgan fingerprint density at radius 3 is 2.44 bits per heavy atom. The average Bonchev–Trinajstić information content (AvgIpc) is 2.66. The van der Waals surface area contributed by atoms with Gasteiger partial charge in [-0.15, -0.1) is 0 Å². The van der Waals surface area contributed by atoms with Gasteiger partial charge in [0.25, 0.3) is 0 Å². The summed E-state index contributed by atoms with van der Waals surface area (Å²) < 4.78 is 17.3. The Hall–Kier alpha value is -2.04. The highest BCUT2D eigenvalue weighted by Gasteiger charge is 2.22. The van der Waals surface area contributed by atoms with E-state index in [1.54, 1.807) is 14.2 Å². The number of rotatable bonds is 4. The lowest BCUT2D eigenvalue weighted by molar-refractivity contribution is 0.0485. The minimum atomic E-state index is 0.385. The average molecular weight is 370 g/mol. The Bertz CT molecular complexity index is 772. The Kier molecular flexibility index (Phi) is 6.40. The van der Waals surface area contributed by atoms with Gasteiger partial charge in [-0.1, -0.05) is 38.1 Å². The first-order valence-electron chi connectivity index (χ1n) is 9.64. The fourth-order valence-electron chi connectivity index (χ4n) is 3.83. The van der Waals surface area contributed by atoms with Gasteiger partial charge in [-0.05, 0) is 53.8 Å². The smallest absolute Gasteiger partial charge is 0.161 e. The molecule has 4 nitrogen and oxygen atoms in total. The highest BCUT2D eigenvalue weighted by molar-refractivity contribution is 5.74. The van der Waals surface area contributed by atoms with Crippen molar-refractivity contribution in [1.82, 2.24) is 4.90 Å². The number of methoxy groups -OCH3 is 2. The number of ether oxygens (including phenoxy) is 3. The van der Waals surface area contributed by atoms with Crippen molar-refractivity contribution >= 4 is 0 Å². The molecule has 0 aliphatic carbocycles. The van der Waals surface area contributed by atoms with E-state index in [0.717, 1.165) is 31.1 Å². The first kappa shape index (κ1) is 19.7. The molecule has 2 aromatic rings. The molecule has 0 fully saturated rings. The monoisotopic (exact) mass is 369 g/mol. The second kappa shape index (κ2) is 8.77. The van der Waals surface area contributed by atoms with Gasteiger partial charge in [-0.3, -0.25) is 4.90 Å². The third-order valence-electron chi connectivity index (χ3n) is 5.27. The van der Waals surface area contributed by atoms with E-state index in [9.17, 15) is 0 Å². The first-order chi connectivity index (χ1) is 13.0. The van der Waals surface area contributed by atoms with Crippen LogP contribution in [0.25, 0.3) is 11.1 Å². The summed E-state index contributed by atoms with van der Waals surface area (Å²) >= 11 is 0. The Morgan fingerprint density at radius 1 is 1.04 bits per heavy atom. The van der Waals surface area contributed by atoms with E-state index in [4.69, 9.17) is 14.2 Å². The molecule has 0 saturated carbocycles. The standard InChI is InChI=1S/C23H31NO3/c1-16(2)10-19-15-27-14-17-8-6-7-9-20(17)21-12-23(26-5)22(25-4)11-18(21)13-24(19)3/h6-9,11-12,16,19H,10,13-15H2,1-5H3/t19-/m0/s1. The molecule has 0 spiro atoms. The van der Waals surface area contributed by atoms with E-state index in [0.29, 0.717) is 18.6 Å². The van der Waals surface area contributed by atoms with Crippen molar-refractivity contribution < 1.29 is 14.2 Å². The minimum absolute atomic E-state index is 0.385. The molecule has 1 heterocycles. The fourth-order valence-corrected chi connectivity index (χ4v) is 3.83. The van der Waals surface area contributed by atoms with E-state index in [1.165, 1.54) is 22.3 Å². The van der Waals surface area contributed by atoms with Gasteiger partial charge >= 0.3 is 0 Å². The van der Waals surface area contributed by atoms with E-state index in [1.807, 2.05) is 0 Å². The van der Waals surface area contributed by atoms with Gasteiger partial charge in [0, 0.05) is 12.6 Å². The topological polar surface area (TPSA) is 30.9 Å². The van der Waals surface area contributed by atoms with Crippen LogP contribution in [-0.4, -0.2) is 38.8 Å². The van der Waals surface area contributed by atoms with Crippen LogP contribution in [-0.2, 0) is 17.9 Å². The molecule has 1 atom stereocenters. The number of hydrogen-bond donors (Lipinski definition) is 0. The summed E-state index contributed by atoms with van der Waals surface area (Å²) in [6.45, 7) is 6.73. The van der Waals surface area contributed by atoms with Crippen molar-refractivity contribution in [2.45, 2.75) is 39.5 Å². The van der Waals surface area contributed by atoms with Gasteiger partial charge in [0.1, 0.15) is 0 Å². The molecular weight excluding hydrogens is 338 g/mol. The highest BCUT2D eigenvalue weighted by atomic mass is 16.5. The van der Waals surface area contributed by atoms with Crippen molar-refractivity contribution in [3.63, 3.8) is 0 Å². The predicted molar refractivity (Wildman–Crippen MR) is 109 cm³/mol. The molecule has 1 aliphatic heterocycles. The third-order valence-corrected chi connectivity index (χ3v) is 5.27. The zero-order chi connectivity index (χ0) is 19.4. The van der Waals surface area contributed by atoms with Gasteiger partial charge < -0.3 is 14.2 Å². The maximum atomic E-state index is 6.14. The quantitative estimate of drug-likeness (QED) is 0.778. The van der Waals surface area contributed by atoms with Crippen LogP contribution in [0.5, 0.6) is 11.5 Å². The van der Waals surface area contributed by atoms with Crippen LogP contribution < -0.4 is 9.47 Å². The minimum Gasteiger partial charge on any atom is -0.493 e. The van der Waals surface area contributed by atoms with Crippen molar-refractivity contribution in [1.29, 1.82) is 0 Å². The second-order valence-electron chi connectivity index (χ2n) is 7.74. The molecule has 146 valence electrons. The van der Waals surface area contributed by atoms with Crippen molar-refractivity contribution in [2.24, 2.45) is 5.92 Å². The largest absolute Gasteiger partial charge is 0.493 e. The van der Waals surface area contributed by atoms with Gasteiger partial charge in [-0.25, -0.2) is 0 Å². The Labute approximate surface area is 163 Å². The van der Waals surface area contributed by atoms with Crippen LogP contribution >= 0.6 is 0 Å². The van der Waals surface area contributed by atoms with Crippen molar-refractivity contribution in [3.8, 4) is 22.6 Å². The lowest BCUT2D eigenvalue weighted by Gasteiger charge is -2.31. The number of hydrogen-bond acceptors (Lipinski definition) is 4. The molecule has 0 unspecified atom stereocenters. The van der Waals surface area contributed by atoms with Crippen LogP contribution in [0.1, 0.15) is 31.4 Å². The molecule has 3 rings (SSSR count). The molecule has 1 aliphatic rings. The zero-order valence-electron chi connectivity index (χ0n) is 17.1. The number of likely N-dealkylation sites (N-methyl/N-ethyl adjacent to an activating group) is 1. The molecule has 0 amide bonds. The highest BCUT2D eigenvalue weighted by Crippen LogP contribution is 2.38. The number of fused-ring (bicyclic) bond motifs is 3. The first-order valence-corrected chi connectivity index (χ1v) is 9.64. The lowest BCUT2D eigenvalue weighted by Crippen LogP contribution is -2.36. The van der Waals surface area contributed by atoms with Crippen LogP contribution in [0, 0.1) is 5.92 Å². The van der Waals surface area contributed by atoms with E-state index in [-0.39, 0.29) is 0 Å². The maximum absolute atomic E-state index is 6.14. The fraction of sp³-hybridized carbons (Fsp3) is 0.478. The molecule has 27 heavy (non-hydrogen) atoms. The van der Waals surface area contributed by atoms with E-state index in [2.05, 4.69) is 62.2 Å². The van der Waals surface area contributed by atoms with E-state index < -0.39 is 0 Å². The predicted octanol–water partition coefficient (Wildman–Crippen LogP) is 4.75. The summed E-state index contributed by atoms with van der Waals surface area (Å²) in [5.74, 6) is 2.16. The van der Waals surface area contributed by atoms with Crippen LogP contribution in [0.15, 0.2) is 36.4 Å². The lowest BCUT2D eigenvalue weighted by atomic mass is 9.93. The summed E-state index contributed by atoms with van der Waals surface area (Å²) in [5, 5.41) is 0. The van der Waals surface area contributed by atoms with Gasteiger partial charge in [0.05, 0.1) is 27.4 Å². The second-order valence-corrected chi connectivity index (χ2v) is 7.74. The van der Waals surface area contributed by atoms with Crippen molar-refractivity contribution in [3.05, 3.63) is 47.5 Å². The molecule has 0 N–H and O–H groups in total. The molecule has 4 heteroatoms. The molecule has 0 saturated heterocycles. The van der Waals surface area contributed by atoms with E-state index >= 15 is 0 Å². The molecule has 0 bridgehead atoms. The summed E-state index contributed by atoms with van der Waals surface area (Å²) in [6.07, 6.45) is 1.11. The summed E-state index contributed by atoms with van der Waals surface area (Å²) in [6, 6.07) is 13.1. The van der Waals surface area contributed by atoms with Crippen LogP contribution in [0.3, 0.4) is 0 Å². The summed E-state index contributed by atoms with van der Waals surface area (Å²) in [5.41, 5.74) is 4.84. The SMILES string of the molecule is COc1cc2c(cc1OC)-c1ccccc1COC[C@H](CC(C)C)N(C)C2. The third kappa shape index (κ3) is 4.45. The van der Waals surface area contributed by atoms with Gasteiger partial charge in [-0.2, -0.15) is 0 Å². The van der Waals surface area contributed by atoms with Crippen LogP contribution in [0.2, 0.25) is 0 Å². The number of nitrogens with zero attached hydrogens (tertiary/aromatic N) is 1. The molecule has 0 radical (unpaired) electrons. The van der Waals surface area contributed by atoms with Crippen LogP contribution in [0.4, 0.5) is 0 Å². The summed E-state index contributed by atoms with van der Waals surface area (Å²) in [7, 11) is 5.56. The Balaban J connectivity index is 2.11. The van der Waals surface area contributed by atoms with Gasteiger partial charge in [0.15, 0.2) is 11.5 Å². The number of benzene rings is 2. The molecular formula is C23H31NO3. The zero-order valence-corrected chi connectivity index (χ0v) is 17.1. The Morgan fingerprint density at radius 2 is 1.74 bits per heavy atom. The maximum Gasteiger partial charge on any atom is 0.161 e. The summed E-state index contributed by atoms with van der Waals surface area (Å²) in [4.78, 5) is 2.40. The molecule has 0 aromatic heterocycles.